The molecule has 4 nitrogen and oxygen atoms in total. The topological polar surface area (TPSA) is 37.7 Å². The van der Waals surface area contributed by atoms with Crippen molar-refractivity contribution in [2.45, 2.75) is 33.7 Å². The third kappa shape index (κ3) is 3.35. The Bertz CT molecular complexity index is 1030. The van der Waals surface area contributed by atoms with Crippen LogP contribution in [0.2, 0.25) is 0 Å². The minimum Gasteiger partial charge on any atom is -0.497 e. The number of rotatable bonds is 3. The third-order valence-electron chi connectivity index (χ3n) is 5.39. The molecule has 2 aromatic carbocycles. The Hall–Kier alpha value is -2.88. The molecule has 144 valence electrons. The summed E-state index contributed by atoms with van der Waals surface area (Å²) < 4.78 is 5.57. The summed E-state index contributed by atoms with van der Waals surface area (Å²) in [5.74, 6) is 1.78. The van der Waals surface area contributed by atoms with Crippen molar-refractivity contribution in [3.63, 3.8) is 0 Å². The predicted molar refractivity (Wildman–Crippen MR) is 117 cm³/mol. The van der Waals surface area contributed by atoms with Gasteiger partial charge in [-0.05, 0) is 42.7 Å². The highest BCUT2D eigenvalue weighted by atomic mass is 16.5. The van der Waals surface area contributed by atoms with Crippen LogP contribution in [0.5, 0.6) is 5.75 Å². The average molecular weight is 374 g/mol. The van der Waals surface area contributed by atoms with Gasteiger partial charge in [0, 0.05) is 29.4 Å². The van der Waals surface area contributed by atoms with E-state index in [4.69, 9.17) is 9.73 Å². The molecule has 3 aromatic rings. The van der Waals surface area contributed by atoms with Crippen LogP contribution in [0.4, 0.5) is 5.69 Å². The van der Waals surface area contributed by atoms with Crippen LogP contribution in [0.3, 0.4) is 0 Å². The molecule has 0 saturated heterocycles. The van der Waals surface area contributed by atoms with Gasteiger partial charge in [0.2, 0.25) is 0 Å². The number of aliphatic imine (C=N–C) groups is 1. The summed E-state index contributed by atoms with van der Waals surface area (Å²) in [4.78, 5) is 12.2. The quantitative estimate of drug-likeness (QED) is 0.631. The lowest BCUT2D eigenvalue weighted by Crippen LogP contribution is -2.34. The van der Waals surface area contributed by atoms with Crippen LogP contribution in [0.1, 0.15) is 31.9 Å². The molecule has 0 saturated carbocycles. The van der Waals surface area contributed by atoms with E-state index in [-0.39, 0.29) is 11.5 Å². The van der Waals surface area contributed by atoms with E-state index in [1.54, 1.807) is 7.11 Å². The van der Waals surface area contributed by atoms with Gasteiger partial charge in [-0.1, -0.05) is 44.5 Å². The van der Waals surface area contributed by atoms with Crippen molar-refractivity contribution >= 4 is 22.4 Å². The van der Waals surface area contributed by atoms with Gasteiger partial charge in [-0.25, -0.2) is 0 Å². The van der Waals surface area contributed by atoms with E-state index in [1.165, 1.54) is 5.56 Å². The zero-order chi connectivity index (χ0) is 19.9. The first-order chi connectivity index (χ1) is 13.4. The van der Waals surface area contributed by atoms with E-state index in [1.807, 2.05) is 18.3 Å². The van der Waals surface area contributed by atoms with E-state index in [9.17, 15) is 0 Å². The first-order valence-electron chi connectivity index (χ1n) is 9.72. The highest BCUT2D eigenvalue weighted by Crippen LogP contribution is 2.34. The lowest BCUT2D eigenvalue weighted by atomic mass is 9.87. The van der Waals surface area contributed by atoms with Crippen molar-refractivity contribution in [2.75, 3.05) is 18.6 Å². The summed E-state index contributed by atoms with van der Waals surface area (Å²) in [6.45, 7) is 9.71. The lowest BCUT2D eigenvalue weighted by Gasteiger charge is -2.26. The molecule has 2 heterocycles. The molecule has 1 aliphatic heterocycles. The van der Waals surface area contributed by atoms with Crippen LogP contribution < -0.4 is 9.64 Å². The zero-order valence-electron chi connectivity index (χ0n) is 17.2. The Kier molecular flexibility index (Phi) is 4.58. The number of aromatic nitrogens is 1. The number of methoxy groups -OCH3 is 1. The predicted octanol–water partition coefficient (Wildman–Crippen LogP) is 5.23. The molecule has 28 heavy (non-hydrogen) atoms. The molecule has 0 N–H and O–H groups in total. The largest absolute Gasteiger partial charge is 0.497 e. The number of hydrogen-bond donors (Lipinski definition) is 0. The van der Waals surface area contributed by atoms with E-state index < -0.39 is 0 Å². The van der Waals surface area contributed by atoms with E-state index in [0.29, 0.717) is 0 Å². The van der Waals surface area contributed by atoms with E-state index in [2.05, 4.69) is 74.0 Å². The monoisotopic (exact) mass is 373 g/mol. The summed E-state index contributed by atoms with van der Waals surface area (Å²) in [7, 11) is 1.70. The molecule has 1 aliphatic rings. The number of fused-ring (bicyclic) bond motifs is 1. The molecule has 1 aromatic heterocycles. The molecular weight excluding hydrogens is 346 g/mol. The van der Waals surface area contributed by atoms with Crippen molar-refractivity contribution in [3.05, 3.63) is 65.9 Å². The number of pyridine rings is 1. The number of amidine groups is 1. The number of hydrogen-bond acceptors (Lipinski definition) is 4. The minimum absolute atomic E-state index is 0.0762. The molecule has 0 aliphatic carbocycles. The van der Waals surface area contributed by atoms with Gasteiger partial charge in [0.1, 0.15) is 11.6 Å². The standard InChI is InChI=1S/C24H27N3O/c1-16-8-10-18(11-9-16)27-15-21(24(2,3)4)26-23(27)20-14-19(28-5)13-17-7-6-12-25-22(17)20/h6-14,21H,15H2,1-5H3. The van der Waals surface area contributed by atoms with Gasteiger partial charge in [0.25, 0.3) is 0 Å². The van der Waals surface area contributed by atoms with Crippen LogP contribution >= 0.6 is 0 Å². The SMILES string of the molecule is COc1cc(C2=NC(C(C)(C)C)CN2c2ccc(C)cc2)c2ncccc2c1. The fraction of sp³-hybridized carbons (Fsp3) is 0.333. The molecule has 0 spiro atoms. The second-order valence-corrected chi connectivity index (χ2v) is 8.53. The Morgan fingerprint density at radius 3 is 2.50 bits per heavy atom. The van der Waals surface area contributed by atoms with Crippen molar-refractivity contribution in [1.29, 1.82) is 0 Å². The second-order valence-electron chi connectivity index (χ2n) is 8.53. The molecule has 0 bridgehead atoms. The summed E-state index contributed by atoms with van der Waals surface area (Å²) in [6.07, 6.45) is 1.84. The van der Waals surface area contributed by atoms with E-state index in [0.717, 1.165) is 40.3 Å². The Balaban J connectivity index is 1.91. The van der Waals surface area contributed by atoms with Gasteiger partial charge in [0.15, 0.2) is 0 Å². The van der Waals surface area contributed by atoms with Crippen LogP contribution in [0, 0.1) is 12.3 Å². The summed E-state index contributed by atoms with van der Waals surface area (Å²) in [6, 6.07) is 17.0. The molecule has 0 amide bonds. The number of aryl methyl sites for hydroxylation is 1. The zero-order valence-corrected chi connectivity index (χ0v) is 17.2. The summed E-state index contributed by atoms with van der Waals surface area (Å²) >= 11 is 0. The maximum atomic E-state index is 5.57. The first kappa shape index (κ1) is 18.5. The van der Waals surface area contributed by atoms with Gasteiger partial charge in [-0.3, -0.25) is 9.98 Å². The van der Waals surface area contributed by atoms with Crippen LogP contribution in [0.25, 0.3) is 10.9 Å². The molecular formula is C24H27N3O. The number of ether oxygens (including phenoxy) is 1. The fourth-order valence-electron chi connectivity index (χ4n) is 3.61. The van der Waals surface area contributed by atoms with Gasteiger partial charge >= 0.3 is 0 Å². The second kappa shape index (κ2) is 6.93. The Morgan fingerprint density at radius 1 is 1.07 bits per heavy atom. The maximum absolute atomic E-state index is 5.57. The molecule has 4 heteroatoms. The van der Waals surface area contributed by atoms with Crippen LogP contribution in [-0.2, 0) is 0 Å². The van der Waals surface area contributed by atoms with Crippen molar-refractivity contribution in [2.24, 2.45) is 10.4 Å². The van der Waals surface area contributed by atoms with Crippen molar-refractivity contribution in [1.82, 2.24) is 4.98 Å². The highest BCUT2D eigenvalue weighted by molar-refractivity contribution is 6.17. The van der Waals surface area contributed by atoms with Gasteiger partial charge in [0.05, 0.1) is 18.7 Å². The molecule has 1 unspecified atom stereocenters. The van der Waals surface area contributed by atoms with E-state index >= 15 is 0 Å². The molecule has 4 rings (SSSR count). The first-order valence-corrected chi connectivity index (χ1v) is 9.72. The number of nitrogens with zero attached hydrogens (tertiary/aromatic N) is 3. The Labute approximate surface area is 166 Å². The fourth-order valence-corrected chi connectivity index (χ4v) is 3.61. The molecule has 1 atom stereocenters. The molecule has 0 radical (unpaired) electrons. The van der Waals surface area contributed by atoms with Crippen LogP contribution in [0.15, 0.2) is 59.7 Å². The van der Waals surface area contributed by atoms with Crippen molar-refractivity contribution < 1.29 is 4.74 Å². The van der Waals surface area contributed by atoms with Gasteiger partial charge in [-0.15, -0.1) is 0 Å². The highest BCUT2D eigenvalue weighted by Gasteiger charge is 2.35. The summed E-state index contributed by atoms with van der Waals surface area (Å²) in [5, 5.41) is 1.06. The summed E-state index contributed by atoms with van der Waals surface area (Å²) in [5.41, 5.74) is 4.45. The minimum atomic E-state index is 0.0762. The van der Waals surface area contributed by atoms with Crippen molar-refractivity contribution in [3.8, 4) is 5.75 Å². The molecule has 0 fully saturated rings. The lowest BCUT2D eigenvalue weighted by molar-refractivity contribution is 0.337. The Morgan fingerprint density at radius 2 is 1.82 bits per heavy atom. The number of anilines is 1. The number of benzene rings is 2. The van der Waals surface area contributed by atoms with Crippen LogP contribution in [-0.4, -0.2) is 30.5 Å². The smallest absolute Gasteiger partial charge is 0.138 e. The average Bonchev–Trinajstić information content (AvgIpc) is 3.13. The third-order valence-corrected chi connectivity index (χ3v) is 5.39. The normalized spacial score (nSPS) is 17.1. The maximum Gasteiger partial charge on any atom is 0.138 e. The van der Waals surface area contributed by atoms with Gasteiger partial charge < -0.3 is 9.64 Å². The van der Waals surface area contributed by atoms with Gasteiger partial charge in [-0.2, -0.15) is 0 Å².